The number of rotatable bonds is 8. The van der Waals surface area contributed by atoms with E-state index in [1.54, 1.807) is 6.92 Å². The summed E-state index contributed by atoms with van der Waals surface area (Å²) in [5.41, 5.74) is 1.49. The van der Waals surface area contributed by atoms with Crippen LogP contribution in [0.4, 0.5) is 0 Å². The van der Waals surface area contributed by atoms with Gasteiger partial charge in [0.15, 0.2) is 0 Å². The number of hydrogen-bond acceptors (Lipinski definition) is 2. The number of carbonyl (C=O) groups is 2. The molecule has 0 saturated carbocycles. The number of benzene rings is 2. The van der Waals surface area contributed by atoms with E-state index in [1.807, 2.05) is 67.3 Å². The van der Waals surface area contributed by atoms with Crippen molar-refractivity contribution >= 4 is 34.9 Å². The van der Waals surface area contributed by atoms with Crippen LogP contribution in [0.1, 0.15) is 69.5 Å². The van der Waals surface area contributed by atoms with Crippen LogP contribution in [0.15, 0.2) is 61.2 Å². The summed E-state index contributed by atoms with van der Waals surface area (Å²) in [5, 5.41) is 1.32. The number of Topliss-reactive ketones (excluding diaryl/α,β-unsaturated/α-hetero) is 1. The number of ketones is 1. The zero-order chi connectivity index (χ0) is 23.5. The van der Waals surface area contributed by atoms with Gasteiger partial charge in [-0.05, 0) is 61.6 Å². The number of nitrogens with zero attached hydrogens (tertiary/aromatic N) is 1. The average Bonchev–Trinajstić information content (AvgIpc) is 2.75. The molecule has 3 rings (SSSR count). The van der Waals surface area contributed by atoms with Gasteiger partial charge in [-0.25, -0.2) is 0 Å². The number of allylic oxidation sites excluding steroid dienone is 1. The van der Waals surface area contributed by atoms with Crippen LogP contribution in [-0.4, -0.2) is 22.6 Å². The van der Waals surface area contributed by atoms with E-state index in [0.717, 1.165) is 11.1 Å². The molecule has 0 N–H and O–H groups in total. The smallest absolute Gasteiger partial charge is 0.229 e. The highest BCUT2D eigenvalue weighted by Crippen LogP contribution is 2.52. The summed E-state index contributed by atoms with van der Waals surface area (Å²) in [5.74, 6) is 0.164. The van der Waals surface area contributed by atoms with E-state index in [4.69, 9.17) is 23.2 Å². The third kappa shape index (κ3) is 5.10. The highest BCUT2D eigenvalue weighted by Gasteiger charge is 2.50. The van der Waals surface area contributed by atoms with Crippen molar-refractivity contribution in [3.8, 4) is 0 Å². The van der Waals surface area contributed by atoms with Gasteiger partial charge >= 0.3 is 0 Å². The van der Waals surface area contributed by atoms with Gasteiger partial charge in [-0.15, -0.1) is 6.58 Å². The number of carbonyl (C=O) groups excluding carboxylic acids is 2. The zero-order valence-corrected chi connectivity index (χ0v) is 20.5. The Bertz CT molecular complexity index is 987. The first-order valence-electron chi connectivity index (χ1n) is 11.1. The van der Waals surface area contributed by atoms with Crippen LogP contribution in [0, 0.1) is 5.41 Å². The lowest BCUT2D eigenvalue weighted by molar-refractivity contribution is -0.155. The molecule has 1 aliphatic heterocycles. The summed E-state index contributed by atoms with van der Waals surface area (Å²) in [6.07, 6.45) is 4.09. The molecule has 5 heteroatoms. The van der Waals surface area contributed by atoms with Crippen LogP contribution in [0.25, 0.3) is 0 Å². The molecule has 32 heavy (non-hydrogen) atoms. The van der Waals surface area contributed by atoms with Gasteiger partial charge < -0.3 is 4.90 Å². The molecule has 0 bridgehead atoms. The van der Waals surface area contributed by atoms with Crippen LogP contribution < -0.4 is 0 Å². The maximum Gasteiger partial charge on any atom is 0.229 e. The van der Waals surface area contributed by atoms with Crippen molar-refractivity contribution in [1.29, 1.82) is 0 Å². The van der Waals surface area contributed by atoms with Gasteiger partial charge in [-0.2, -0.15) is 0 Å². The first kappa shape index (κ1) is 24.5. The molecule has 0 radical (unpaired) electrons. The van der Waals surface area contributed by atoms with Gasteiger partial charge in [0.2, 0.25) is 5.91 Å². The second kappa shape index (κ2) is 10.2. The second-order valence-electron chi connectivity index (χ2n) is 9.10. The van der Waals surface area contributed by atoms with Crippen molar-refractivity contribution in [3.63, 3.8) is 0 Å². The van der Waals surface area contributed by atoms with E-state index < -0.39 is 5.41 Å². The van der Waals surface area contributed by atoms with Crippen molar-refractivity contribution < 1.29 is 9.59 Å². The van der Waals surface area contributed by atoms with Crippen molar-refractivity contribution in [2.75, 3.05) is 0 Å². The summed E-state index contributed by atoms with van der Waals surface area (Å²) in [6, 6.07) is 15.2. The Balaban J connectivity index is 2.23. The summed E-state index contributed by atoms with van der Waals surface area (Å²) in [4.78, 5) is 28.1. The maximum absolute atomic E-state index is 14.0. The fourth-order valence-electron chi connectivity index (χ4n) is 5.06. The first-order chi connectivity index (χ1) is 15.2. The molecule has 1 fully saturated rings. The summed E-state index contributed by atoms with van der Waals surface area (Å²) < 4.78 is 0. The van der Waals surface area contributed by atoms with Crippen LogP contribution in [-0.2, 0) is 9.59 Å². The topological polar surface area (TPSA) is 37.4 Å². The SMILES string of the molecule is C=CC[C@@]1(C)C[C@H](c2cccc(Cl)c2)C(c2ccc(Cl)cc2)N([C@@H](CC)CC(C)=O)C1=O. The minimum atomic E-state index is -0.609. The molecule has 4 atom stereocenters. The number of piperidine rings is 1. The van der Waals surface area contributed by atoms with Crippen molar-refractivity contribution in [2.45, 2.75) is 64.5 Å². The quantitative estimate of drug-likeness (QED) is 0.376. The Morgan fingerprint density at radius 1 is 1.19 bits per heavy atom. The molecule has 0 aliphatic carbocycles. The van der Waals surface area contributed by atoms with Gasteiger partial charge in [-0.1, -0.05) is 67.4 Å². The van der Waals surface area contributed by atoms with E-state index in [1.165, 1.54) is 0 Å². The molecule has 2 aromatic rings. The molecule has 1 heterocycles. The lowest BCUT2D eigenvalue weighted by atomic mass is 9.67. The molecule has 1 aliphatic rings. The summed E-state index contributed by atoms with van der Waals surface area (Å²) in [7, 11) is 0. The maximum atomic E-state index is 14.0. The summed E-state index contributed by atoms with van der Waals surface area (Å²) in [6.45, 7) is 9.55. The molecular weight excluding hydrogens is 441 g/mol. The predicted molar refractivity (Wildman–Crippen MR) is 132 cm³/mol. The van der Waals surface area contributed by atoms with E-state index in [9.17, 15) is 9.59 Å². The molecule has 170 valence electrons. The van der Waals surface area contributed by atoms with Crippen LogP contribution >= 0.6 is 23.2 Å². The van der Waals surface area contributed by atoms with Gasteiger partial charge in [0.05, 0.1) is 11.5 Å². The van der Waals surface area contributed by atoms with Crippen molar-refractivity contribution in [1.82, 2.24) is 4.90 Å². The zero-order valence-electron chi connectivity index (χ0n) is 19.0. The predicted octanol–water partition coefficient (Wildman–Crippen LogP) is 7.39. The van der Waals surface area contributed by atoms with Crippen molar-refractivity contribution in [3.05, 3.63) is 82.4 Å². The normalized spacial score (nSPS) is 24.3. The Kier molecular flexibility index (Phi) is 7.84. The standard InChI is InChI=1S/C27H31Cl2NO2/c1-5-14-27(4)17-24(20-8-7-9-22(29)16-20)25(19-10-12-21(28)13-11-19)30(26(27)32)23(6-2)15-18(3)31/h5,7-13,16,23-25H,1,6,14-15,17H2,2-4H3/t23-,24+,25?,27-/m0/s1. The lowest BCUT2D eigenvalue weighted by Gasteiger charge is -2.52. The van der Waals surface area contributed by atoms with Crippen molar-refractivity contribution in [2.24, 2.45) is 5.41 Å². The third-order valence-corrected chi connectivity index (χ3v) is 7.06. The molecular formula is C27H31Cl2NO2. The van der Waals surface area contributed by atoms with Gasteiger partial charge in [0.1, 0.15) is 5.78 Å². The van der Waals surface area contributed by atoms with Crippen LogP contribution in [0.3, 0.4) is 0 Å². The Morgan fingerprint density at radius 2 is 1.88 bits per heavy atom. The molecule has 0 aromatic heterocycles. The molecule has 1 saturated heterocycles. The second-order valence-corrected chi connectivity index (χ2v) is 9.97. The summed E-state index contributed by atoms with van der Waals surface area (Å²) >= 11 is 12.6. The van der Waals surface area contributed by atoms with Gasteiger partial charge in [0, 0.05) is 28.4 Å². The van der Waals surface area contributed by atoms with E-state index in [0.29, 0.717) is 35.7 Å². The Labute approximate surface area is 201 Å². The fourth-order valence-corrected chi connectivity index (χ4v) is 5.38. The minimum absolute atomic E-state index is 0.0125. The number of halogens is 2. The monoisotopic (exact) mass is 471 g/mol. The van der Waals surface area contributed by atoms with Crippen LogP contribution in [0.5, 0.6) is 0 Å². The van der Waals surface area contributed by atoms with Gasteiger partial charge in [0.25, 0.3) is 0 Å². The van der Waals surface area contributed by atoms with Crippen LogP contribution in [0.2, 0.25) is 10.0 Å². The lowest BCUT2D eigenvalue weighted by Crippen LogP contribution is -2.55. The van der Waals surface area contributed by atoms with E-state index in [-0.39, 0.29) is 29.7 Å². The Hall–Kier alpha value is -2.10. The number of amides is 1. The molecule has 1 amide bonds. The van der Waals surface area contributed by atoms with E-state index >= 15 is 0 Å². The minimum Gasteiger partial charge on any atom is -0.331 e. The third-order valence-electron chi connectivity index (χ3n) is 6.57. The largest absolute Gasteiger partial charge is 0.331 e. The molecule has 2 aromatic carbocycles. The van der Waals surface area contributed by atoms with E-state index in [2.05, 4.69) is 12.6 Å². The Morgan fingerprint density at radius 3 is 2.44 bits per heavy atom. The highest BCUT2D eigenvalue weighted by atomic mass is 35.5. The first-order valence-corrected chi connectivity index (χ1v) is 11.9. The number of likely N-dealkylation sites (tertiary alicyclic amines) is 1. The number of hydrogen-bond donors (Lipinski definition) is 0. The molecule has 0 spiro atoms. The molecule has 3 nitrogen and oxygen atoms in total. The molecule has 1 unspecified atom stereocenters. The fraction of sp³-hybridized carbons (Fsp3) is 0.407. The van der Waals surface area contributed by atoms with Gasteiger partial charge in [-0.3, -0.25) is 9.59 Å². The average molecular weight is 472 g/mol. The highest BCUT2D eigenvalue weighted by molar-refractivity contribution is 6.30.